The molecule has 0 saturated heterocycles. The highest BCUT2D eigenvalue weighted by molar-refractivity contribution is 7.15. The first-order valence-corrected chi connectivity index (χ1v) is 11.5. The number of rotatable bonds is 6. The highest BCUT2D eigenvalue weighted by Crippen LogP contribution is 2.46. The van der Waals surface area contributed by atoms with Crippen LogP contribution in [0, 0.1) is 18.2 Å². The van der Waals surface area contributed by atoms with E-state index in [9.17, 15) is 9.18 Å². The molecule has 31 heavy (non-hydrogen) atoms. The average molecular weight is 452 g/mol. The lowest BCUT2D eigenvalue weighted by atomic mass is 9.73. The third kappa shape index (κ3) is 4.57. The first-order valence-electron chi connectivity index (χ1n) is 9.84. The molecule has 1 N–H and O–H groups in total. The van der Waals surface area contributed by atoms with Crippen LogP contribution in [0.3, 0.4) is 0 Å². The summed E-state index contributed by atoms with van der Waals surface area (Å²) in [7, 11) is 0. The summed E-state index contributed by atoms with van der Waals surface area (Å²) in [5.41, 5.74) is 3.78. The predicted octanol–water partition coefficient (Wildman–Crippen LogP) is 6.51. The second-order valence-corrected chi connectivity index (χ2v) is 9.92. The van der Waals surface area contributed by atoms with Gasteiger partial charge in [0.2, 0.25) is 11.0 Å². The van der Waals surface area contributed by atoms with Gasteiger partial charge in [-0.15, -0.1) is 21.5 Å². The Bertz CT molecular complexity index is 1180. The smallest absolute Gasteiger partial charge is 0.232 e. The average Bonchev–Trinajstić information content (AvgIpc) is 3.41. The molecular weight excluding hydrogens is 429 g/mol. The number of hydrogen-bond acceptors (Lipinski definition) is 5. The Hall–Kier alpha value is -2.90. The number of amides is 1. The number of carbonyl (C=O) groups excluding carboxylic acids is 1. The van der Waals surface area contributed by atoms with Crippen LogP contribution in [0.2, 0.25) is 0 Å². The number of anilines is 1. The van der Waals surface area contributed by atoms with Crippen molar-refractivity contribution in [3.05, 3.63) is 88.0 Å². The van der Waals surface area contributed by atoms with Crippen molar-refractivity contribution >= 4 is 33.7 Å². The van der Waals surface area contributed by atoms with E-state index in [1.54, 1.807) is 22.9 Å². The van der Waals surface area contributed by atoms with Crippen LogP contribution in [0.1, 0.15) is 35.8 Å². The van der Waals surface area contributed by atoms with Crippen LogP contribution < -0.4 is 5.32 Å². The molecule has 1 atom stereocenters. The molecule has 0 radical (unpaired) electrons. The first kappa shape index (κ1) is 21.3. The molecule has 4 aromatic rings. The molecule has 4 rings (SSSR count). The lowest BCUT2D eigenvalue weighted by molar-refractivity contribution is -0.124. The van der Waals surface area contributed by atoms with Gasteiger partial charge in [0.05, 0.1) is 5.41 Å². The zero-order chi connectivity index (χ0) is 22.0. The van der Waals surface area contributed by atoms with Crippen molar-refractivity contribution in [1.29, 1.82) is 0 Å². The van der Waals surface area contributed by atoms with Gasteiger partial charge in [-0.3, -0.25) is 4.79 Å². The van der Waals surface area contributed by atoms with Crippen molar-refractivity contribution in [3.8, 4) is 10.4 Å². The summed E-state index contributed by atoms with van der Waals surface area (Å²) in [5.74, 6) is -0.845. The van der Waals surface area contributed by atoms with Gasteiger partial charge in [-0.25, -0.2) is 4.39 Å². The van der Waals surface area contributed by atoms with Crippen LogP contribution in [0.5, 0.6) is 0 Å². The topological polar surface area (TPSA) is 54.9 Å². The van der Waals surface area contributed by atoms with E-state index in [0.29, 0.717) is 5.13 Å². The molecule has 1 amide bonds. The summed E-state index contributed by atoms with van der Waals surface area (Å²) < 4.78 is 14.1. The van der Waals surface area contributed by atoms with Gasteiger partial charge in [-0.1, -0.05) is 67.1 Å². The summed E-state index contributed by atoms with van der Waals surface area (Å²) in [6.45, 7) is 5.82. The van der Waals surface area contributed by atoms with Gasteiger partial charge in [-0.2, -0.15) is 0 Å². The second kappa shape index (κ2) is 8.69. The molecule has 0 aliphatic carbocycles. The van der Waals surface area contributed by atoms with Gasteiger partial charge in [0.15, 0.2) is 0 Å². The largest absolute Gasteiger partial charge is 0.300 e. The number of halogens is 1. The monoisotopic (exact) mass is 451 g/mol. The van der Waals surface area contributed by atoms with Crippen LogP contribution in [-0.4, -0.2) is 16.1 Å². The van der Waals surface area contributed by atoms with Crippen LogP contribution in [0.4, 0.5) is 9.52 Å². The molecule has 2 heterocycles. The molecule has 4 nitrogen and oxygen atoms in total. The van der Waals surface area contributed by atoms with Crippen molar-refractivity contribution in [2.24, 2.45) is 5.41 Å². The number of hydrogen-bond donors (Lipinski definition) is 1. The van der Waals surface area contributed by atoms with Crippen molar-refractivity contribution < 1.29 is 9.18 Å². The minimum absolute atomic E-state index is 0.191. The quantitative estimate of drug-likeness (QED) is 0.363. The fraction of sp³-hybridized carbons (Fsp3) is 0.208. The second-order valence-electron chi connectivity index (χ2n) is 7.98. The molecule has 2 aromatic carbocycles. The van der Waals surface area contributed by atoms with E-state index in [2.05, 4.69) is 52.8 Å². The SMILES string of the molecule is Cc1ccc(-c2ccc(C(c3cccc(F)c3)C(C)(C)C(=O)Nc3nncs3)s2)cc1. The number of benzene rings is 2. The number of aryl methyl sites for hydroxylation is 1. The predicted molar refractivity (Wildman–Crippen MR) is 125 cm³/mol. The highest BCUT2D eigenvalue weighted by Gasteiger charge is 2.40. The number of aromatic nitrogens is 2. The maximum absolute atomic E-state index is 14.1. The number of nitrogens with zero attached hydrogens (tertiary/aromatic N) is 2. The third-order valence-electron chi connectivity index (χ3n) is 5.32. The molecule has 1 unspecified atom stereocenters. The van der Waals surface area contributed by atoms with Crippen molar-refractivity contribution in [2.75, 3.05) is 5.32 Å². The summed E-state index contributed by atoms with van der Waals surface area (Å²) in [6.07, 6.45) is 0. The Kier molecular flexibility index (Phi) is 5.98. The van der Waals surface area contributed by atoms with Crippen molar-refractivity contribution in [3.63, 3.8) is 0 Å². The Morgan fingerprint density at radius 3 is 2.55 bits per heavy atom. The molecule has 2 aromatic heterocycles. The molecule has 0 spiro atoms. The van der Waals surface area contributed by atoms with Gasteiger partial charge >= 0.3 is 0 Å². The normalized spacial score (nSPS) is 12.5. The molecule has 0 fully saturated rings. The van der Waals surface area contributed by atoms with E-state index in [1.165, 1.54) is 29.0 Å². The van der Waals surface area contributed by atoms with Gasteiger partial charge in [0, 0.05) is 15.7 Å². The standard InChI is InChI=1S/C24H22FN3OS2/c1-15-7-9-16(10-8-15)19-11-12-20(31-19)21(17-5-4-6-18(25)13-17)24(2,3)22(29)27-23-28-26-14-30-23/h4-14,21H,1-3H3,(H,27,28,29). The Labute approximate surface area is 188 Å². The Morgan fingerprint density at radius 1 is 1.10 bits per heavy atom. The van der Waals surface area contributed by atoms with Crippen molar-refractivity contribution in [1.82, 2.24) is 10.2 Å². The summed E-state index contributed by atoms with van der Waals surface area (Å²) >= 11 is 2.89. The Morgan fingerprint density at radius 2 is 1.87 bits per heavy atom. The van der Waals surface area contributed by atoms with E-state index >= 15 is 0 Å². The van der Waals surface area contributed by atoms with Crippen LogP contribution >= 0.6 is 22.7 Å². The minimum Gasteiger partial charge on any atom is -0.300 e. The van der Waals surface area contributed by atoms with Gasteiger partial charge in [-0.05, 0) is 42.3 Å². The van der Waals surface area contributed by atoms with E-state index < -0.39 is 5.41 Å². The molecule has 0 saturated carbocycles. The van der Waals surface area contributed by atoms with E-state index in [-0.39, 0.29) is 17.6 Å². The molecule has 0 aliphatic heterocycles. The minimum atomic E-state index is -0.866. The molecule has 0 aliphatic rings. The maximum atomic E-state index is 14.1. The number of carbonyl (C=O) groups is 1. The van der Waals surface area contributed by atoms with Gasteiger partial charge in [0.25, 0.3) is 0 Å². The first-order chi connectivity index (χ1) is 14.8. The summed E-state index contributed by atoms with van der Waals surface area (Å²) in [4.78, 5) is 15.4. The number of nitrogens with one attached hydrogen (secondary N) is 1. The van der Waals surface area contributed by atoms with Crippen LogP contribution in [0.25, 0.3) is 10.4 Å². The zero-order valence-electron chi connectivity index (χ0n) is 17.4. The number of thiophene rings is 1. The van der Waals surface area contributed by atoms with Crippen LogP contribution in [-0.2, 0) is 4.79 Å². The molecular formula is C24H22FN3OS2. The zero-order valence-corrected chi connectivity index (χ0v) is 19.1. The van der Waals surface area contributed by atoms with Gasteiger partial charge < -0.3 is 5.32 Å². The molecule has 0 bridgehead atoms. The fourth-order valence-electron chi connectivity index (χ4n) is 3.62. The van der Waals surface area contributed by atoms with E-state index in [1.807, 2.05) is 26.0 Å². The molecule has 158 valence electrons. The Balaban J connectivity index is 1.74. The highest BCUT2D eigenvalue weighted by atomic mass is 32.1. The van der Waals surface area contributed by atoms with Crippen LogP contribution in [0.15, 0.2) is 66.2 Å². The third-order valence-corrected chi connectivity index (χ3v) is 7.12. The molecule has 7 heteroatoms. The van der Waals surface area contributed by atoms with Gasteiger partial charge in [0.1, 0.15) is 11.3 Å². The van der Waals surface area contributed by atoms with E-state index in [0.717, 1.165) is 20.9 Å². The van der Waals surface area contributed by atoms with Crippen molar-refractivity contribution in [2.45, 2.75) is 26.7 Å². The summed E-state index contributed by atoms with van der Waals surface area (Å²) in [6, 6.07) is 18.9. The fourth-order valence-corrected chi connectivity index (χ4v) is 5.39. The lowest BCUT2D eigenvalue weighted by Gasteiger charge is -2.32. The maximum Gasteiger partial charge on any atom is 0.232 e. The lowest BCUT2D eigenvalue weighted by Crippen LogP contribution is -2.36. The summed E-state index contributed by atoms with van der Waals surface area (Å²) in [5, 5.41) is 11.0. The van der Waals surface area contributed by atoms with E-state index in [4.69, 9.17) is 0 Å².